The number of rotatable bonds is 4. The maximum Gasteiger partial charge on any atom is 0.268 e. The van der Waals surface area contributed by atoms with E-state index < -0.39 is 15.9 Å². The molecule has 0 fully saturated rings. The van der Waals surface area contributed by atoms with Crippen LogP contribution in [0.25, 0.3) is 10.9 Å². The molecule has 1 amide bonds. The van der Waals surface area contributed by atoms with Crippen LogP contribution in [0.2, 0.25) is 0 Å². The molecular formula is C32H24N2O4S. The number of phenols is 1. The van der Waals surface area contributed by atoms with Gasteiger partial charge >= 0.3 is 0 Å². The average molecular weight is 533 g/mol. The number of fused-ring (bicyclic) bond motifs is 2. The fourth-order valence-corrected chi connectivity index (χ4v) is 6.32. The highest BCUT2D eigenvalue weighted by Gasteiger charge is 2.28. The number of phenolic OH excluding ortho intramolecular Hbond substituents is 1. The summed E-state index contributed by atoms with van der Waals surface area (Å²) >= 11 is 0. The van der Waals surface area contributed by atoms with E-state index in [-0.39, 0.29) is 23.0 Å². The Morgan fingerprint density at radius 1 is 0.923 bits per heavy atom. The zero-order valence-corrected chi connectivity index (χ0v) is 21.9. The molecule has 1 atom stereocenters. The van der Waals surface area contributed by atoms with Gasteiger partial charge in [-0.1, -0.05) is 65.9 Å². The van der Waals surface area contributed by atoms with Crippen molar-refractivity contribution in [3.8, 4) is 17.6 Å². The Bertz CT molecular complexity index is 1910. The minimum Gasteiger partial charge on any atom is -0.508 e. The third kappa shape index (κ3) is 4.45. The third-order valence-corrected chi connectivity index (χ3v) is 8.61. The second-order valence-electron chi connectivity index (χ2n) is 9.58. The summed E-state index contributed by atoms with van der Waals surface area (Å²) in [6.07, 6.45) is 1.80. The molecule has 2 N–H and O–H groups in total. The van der Waals surface area contributed by atoms with Crippen LogP contribution >= 0.6 is 0 Å². The van der Waals surface area contributed by atoms with Gasteiger partial charge in [0.25, 0.3) is 10.0 Å². The van der Waals surface area contributed by atoms with Gasteiger partial charge in [0, 0.05) is 34.5 Å². The Morgan fingerprint density at radius 2 is 1.64 bits per heavy atom. The Hall–Kier alpha value is -4.80. The van der Waals surface area contributed by atoms with Crippen LogP contribution in [0.15, 0.2) is 102 Å². The van der Waals surface area contributed by atoms with Gasteiger partial charge in [-0.3, -0.25) is 4.79 Å². The topological polar surface area (TPSA) is 88.4 Å². The van der Waals surface area contributed by atoms with Crippen molar-refractivity contribution in [2.24, 2.45) is 0 Å². The number of carbonyl (C=O) groups excluding carboxylic acids is 1. The van der Waals surface area contributed by atoms with Crippen molar-refractivity contribution in [3.63, 3.8) is 0 Å². The summed E-state index contributed by atoms with van der Waals surface area (Å²) < 4.78 is 28.9. The van der Waals surface area contributed by atoms with Gasteiger partial charge in [0.15, 0.2) is 0 Å². The van der Waals surface area contributed by atoms with Gasteiger partial charge in [-0.15, -0.1) is 0 Å². The summed E-state index contributed by atoms with van der Waals surface area (Å²) in [6.45, 7) is 1.90. The molecule has 1 aliphatic heterocycles. The van der Waals surface area contributed by atoms with Crippen molar-refractivity contribution < 1.29 is 18.3 Å². The van der Waals surface area contributed by atoms with Gasteiger partial charge in [0.05, 0.1) is 22.8 Å². The minimum absolute atomic E-state index is 0.0264. The average Bonchev–Trinajstić information content (AvgIpc) is 3.50. The number of anilines is 1. The number of hydrogen-bond donors (Lipinski definition) is 2. The molecule has 0 saturated heterocycles. The molecule has 5 aromatic rings. The molecule has 2 heterocycles. The van der Waals surface area contributed by atoms with Crippen LogP contribution in [0.1, 0.15) is 33.7 Å². The van der Waals surface area contributed by atoms with Gasteiger partial charge in [-0.05, 0) is 54.4 Å². The second kappa shape index (κ2) is 9.50. The summed E-state index contributed by atoms with van der Waals surface area (Å²) in [7, 11) is -3.92. The van der Waals surface area contributed by atoms with E-state index in [0.717, 1.165) is 16.7 Å². The van der Waals surface area contributed by atoms with E-state index >= 15 is 0 Å². The molecule has 39 heavy (non-hydrogen) atoms. The zero-order valence-electron chi connectivity index (χ0n) is 21.0. The van der Waals surface area contributed by atoms with E-state index in [9.17, 15) is 18.3 Å². The van der Waals surface area contributed by atoms with E-state index in [1.165, 1.54) is 10.0 Å². The largest absolute Gasteiger partial charge is 0.508 e. The number of amides is 1. The van der Waals surface area contributed by atoms with Crippen LogP contribution in [-0.4, -0.2) is 23.4 Å². The van der Waals surface area contributed by atoms with Crippen LogP contribution in [0.4, 0.5) is 5.69 Å². The monoisotopic (exact) mass is 532 g/mol. The highest BCUT2D eigenvalue weighted by molar-refractivity contribution is 7.90. The summed E-state index contributed by atoms with van der Waals surface area (Å²) in [6, 6.07) is 26.8. The van der Waals surface area contributed by atoms with Gasteiger partial charge < -0.3 is 10.4 Å². The quantitative estimate of drug-likeness (QED) is 0.296. The van der Waals surface area contributed by atoms with Crippen LogP contribution < -0.4 is 5.32 Å². The van der Waals surface area contributed by atoms with Gasteiger partial charge in [-0.25, -0.2) is 12.4 Å². The maximum absolute atomic E-state index is 13.8. The summed E-state index contributed by atoms with van der Waals surface area (Å²) in [5, 5.41) is 14.6. The lowest BCUT2D eigenvalue weighted by Gasteiger charge is -2.15. The lowest BCUT2D eigenvalue weighted by molar-refractivity contribution is -0.115. The number of aryl methyl sites for hydroxylation is 1. The first-order chi connectivity index (χ1) is 18.8. The lowest BCUT2D eigenvalue weighted by atomic mass is 9.89. The van der Waals surface area contributed by atoms with Gasteiger partial charge in [0.1, 0.15) is 5.75 Å². The number of nitrogens with one attached hydrogen (secondary N) is 1. The molecule has 6 rings (SSSR count). The van der Waals surface area contributed by atoms with E-state index in [1.54, 1.807) is 48.7 Å². The highest BCUT2D eigenvalue weighted by Crippen LogP contribution is 2.40. The van der Waals surface area contributed by atoms with E-state index in [0.29, 0.717) is 27.7 Å². The third-order valence-electron chi connectivity index (χ3n) is 6.92. The number of hydrogen-bond acceptors (Lipinski definition) is 4. The summed E-state index contributed by atoms with van der Waals surface area (Å²) in [4.78, 5) is 12.2. The maximum atomic E-state index is 13.8. The minimum atomic E-state index is -3.92. The Morgan fingerprint density at radius 3 is 2.41 bits per heavy atom. The molecule has 4 aromatic carbocycles. The molecule has 7 heteroatoms. The Kier molecular flexibility index (Phi) is 5.97. The number of para-hydroxylation sites is 1. The first kappa shape index (κ1) is 24.5. The fourth-order valence-electron chi connectivity index (χ4n) is 4.94. The lowest BCUT2D eigenvalue weighted by Crippen LogP contribution is -2.12. The second-order valence-corrected chi connectivity index (χ2v) is 11.4. The zero-order chi connectivity index (χ0) is 27.1. The van der Waals surface area contributed by atoms with Crippen LogP contribution in [0.5, 0.6) is 5.75 Å². The molecule has 1 aliphatic rings. The Balaban J connectivity index is 1.58. The first-order valence-electron chi connectivity index (χ1n) is 12.5. The van der Waals surface area contributed by atoms with Crippen LogP contribution in [0.3, 0.4) is 0 Å². The molecule has 0 spiro atoms. The molecule has 192 valence electrons. The van der Waals surface area contributed by atoms with E-state index in [2.05, 4.69) is 17.2 Å². The van der Waals surface area contributed by atoms with Crippen molar-refractivity contribution in [2.75, 3.05) is 5.32 Å². The summed E-state index contributed by atoms with van der Waals surface area (Å²) in [5.74, 6) is 5.64. The SMILES string of the molecule is Cc1ccc(S(=O)(=O)n2cc(C(C#Cc3ccccc3)c3cc4c(cc3O)NC(=O)C4)c3ccccc32)cc1. The van der Waals surface area contributed by atoms with Crippen molar-refractivity contribution in [2.45, 2.75) is 24.2 Å². The number of nitrogens with zero attached hydrogens (tertiary/aromatic N) is 1. The number of aromatic nitrogens is 1. The molecular weight excluding hydrogens is 508 g/mol. The normalized spacial score (nSPS) is 13.4. The van der Waals surface area contributed by atoms with Gasteiger partial charge in [-0.2, -0.15) is 0 Å². The summed E-state index contributed by atoms with van der Waals surface area (Å²) in [5.41, 5.74) is 4.73. The standard InChI is InChI=1S/C32H24N2O4S/c1-21-11-14-24(15-12-21)39(37,38)34-20-28(26-9-5-6-10-30(26)34)25(16-13-22-7-3-2-4-8-22)27-17-23-18-32(36)33-29(23)19-31(27)35/h2-12,14-15,17,19-20,25,35H,18H2,1H3,(H,33,36). The highest BCUT2D eigenvalue weighted by atomic mass is 32.2. The van der Waals surface area contributed by atoms with Crippen molar-refractivity contribution in [3.05, 3.63) is 125 Å². The fraction of sp³-hybridized carbons (Fsp3) is 0.0938. The molecule has 0 radical (unpaired) electrons. The molecule has 6 nitrogen and oxygen atoms in total. The van der Waals surface area contributed by atoms with Crippen molar-refractivity contribution in [1.29, 1.82) is 0 Å². The molecule has 1 aromatic heterocycles. The van der Waals surface area contributed by atoms with Crippen molar-refractivity contribution in [1.82, 2.24) is 3.97 Å². The number of aromatic hydroxyl groups is 1. The number of carbonyl (C=O) groups is 1. The molecule has 1 unspecified atom stereocenters. The predicted molar refractivity (Wildman–Crippen MR) is 151 cm³/mol. The smallest absolute Gasteiger partial charge is 0.268 e. The van der Waals surface area contributed by atoms with Gasteiger partial charge in [0.2, 0.25) is 5.91 Å². The molecule has 0 aliphatic carbocycles. The molecule has 0 bridgehead atoms. The first-order valence-corrected chi connectivity index (χ1v) is 13.9. The van der Waals surface area contributed by atoms with Crippen molar-refractivity contribution >= 4 is 32.5 Å². The number of benzene rings is 4. The van der Waals surface area contributed by atoms with E-state index in [4.69, 9.17) is 0 Å². The van der Waals surface area contributed by atoms with Crippen LogP contribution in [0, 0.1) is 18.8 Å². The van der Waals surface area contributed by atoms with Crippen LogP contribution in [-0.2, 0) is 21.2 Å². The molecule has 0 saturated carbocycles. The van der Waals surface area contributed by atoms with E-state index in [1.807, 2.05) is 49.4 Å². The Labute approximate surface area is 226 Å². The predicted octanol–water partition coefficient (Wildman–Crippen LogP) is 5.57.